The summed E-state index contributed by atoms with van der Waals surface area (Å²) in [5, 5.41) is 10.0. The molecule has 2 aromatic carbocycles. The topological polar surface area (TPSA) is 50.4 Å². The molecule has 0 amide bonds. The summed E-state index contributed by atoms with van der Waals surface area (Å²) in [7, 11) is 1.92. The molecule has 1 heterocycles. The fourth-order valence-corrected chi connectivity index (χ4v) is 3.32. The van der Waals surface area contributed by atoms with E-state index in [1.807, 2.05) is 35.9 Å². The average Bonchev–Trinajstić information content (AvgIpc) is 2.78. The standard InChI is InChI=1S/C15H11Br2N3O/c1-20-13-5-3-2-4-12(13)19-15(20)18-8-9-6-10(16)7-11(17)14(9)21/h2-8,21H,1H3. The maximum Gasteiger partial charge on any atom is 0.230 e. The van der Waals surface area contributed by atoms with Crippen molar-refractivity contribution in [3.05, 3.63) is 50.9 Å². The van der Waals surface area contributed by atoms with Gasteiger partial charge in [-0.3, -0.25) is 0 Å². The summed E-state index contributed by atoms with van der Waals surface area (Å²) < 4.78 is 3.39. The van der Waals surface area contributed by atoms with Crippen LogP contribution in [0.1, 0.15) is 5.56 Å². The minimum absolute atomic E-state index is 0.153. The number of para-hydroxylation sites is 2. The Morgan fingerprint density at radius 3 is 2.76 bits per heavy atom. The number of benzene rings is 2. The highest BCUT2D eigenvalue weighted by Crippen LogP contribution is 2.31. The number of hydrogen-bond acceptors (Lipinski definition) is 3. The normalized spacial score (nSPS) is 11.6. The maximum absolute atomic E-state index is 10.0. The molecule has 0 spiro atoms. The number of aromatic hydroxyl groups is 1. The summed E-state index contributed by atoms with van der Waals surface area (Å²) in [6, 6.07) is 11.4. The van der Waals surface area contributed by atoms with Crippen LogP contribution < -0.4 is 0 Å². The van der Waals surface area contributed by atoms with Gasteiger partial charge in [0.2, 0.25) is 5.95 Å². The minimum atomic E-state index is 0.153. The van der Waals surface area contributed by atoms with Gasteiger partial charge in [-0.15, -0.1) is 0 Å². The zero-order valence-corrected chi connectivity index (χ0v) is 14.3. The Morgan fingerprint density at radius 1 is 1.24 bits per heavy atom. The molecule has 0 unspecified atom stereocenters. The molecule has 0 saturated carbocycles. The van der Waals surface area contributed by atoms with E-state index >= 15 is 0 Å². The summed E-state index contributed by atoms with van der Waals surface area (Å²) >= 11 is 6.70. The molecular formula is C15H11Br2N3O. The first-order chi connectivity index (χ1) is 10.1. The second kappa shape index (κ2) is 5.61. The first-order valence-corrected chi connectivity index (χ1v) is 7.78. The number of phenolic OH excluding ortho intramolecular Hbond substituents is 1. The van der Waals surface area contributed by atoms with Gasteiger partial charge in [-0.05, 0) is 40.2 Å². The molecule has 0 aliphatic rings. The summed E-state index contributed by atoms with van der Waals surface area (Å²) in [4.78, 5) is 8.84. The molecule has 0 fully saturated rings. The van der Waals surface area contributed by atoms with Crippen molar-refractivity contribution in [1.82, 2.24) is 9.55 Å². The maximum atomic E-state index is 10.0. The lowest BCUT2D eigenvalue weighted by molar-refractivity contribution is 0.471. The Labute approximate surface area is 138 Å². The summed E-state index contributed by atoms with van der Waals surface area (Å²) in [6.07, 6.45) is 1.60. The number of aromatic nitrogens is 2. The second-order valence-electron chi connectivity index (χ2n) is 4.54. The van der Waals surface area contributed by atoms with E-state index in [2.05, 4.69) is 41.8 Å². The third-order valence-electron chi connectivity index (χ3n) is 3.14. The highest BCUT2D eigenvalue weighted by molar-refractivity contribution is 9.11. The van der Waals surface area contributed by atoms with Gasteiger partial charge in [-0.2, -0.15) is 0 Å². The van der Waals surface area contributed by atoms with Crippen LogP contribution in [0.3, 0.4) is 0 Å². The smallest absolute Gasteiger partial charge is 0.230 e. The lowest BCUT2D eigenvalue weighted by atomic mass is 10.2. The van der Waals surface area contributed by atoms with Crippen LogP contribution in [-0.2, 0) is 7.05 Å². The van der Waals surface area contributed by atoms with Crippen LogP contribution in [0.4, 0.5) is 5.95 Å². The number of imidazole rings is 1. The number of aryl methyl sites for hydroxylation is 1. The van der Waals surface area contributed by atoms with E-state index in [0.29, 0.717) is 16.0 Å². The van der Waals surface area contributed by atoms with Crippen molar-refractivity contribution in [2.24, 2.45) is 12.0 Å². The van der Waals surface area contributed by atoms with E-state index in [0.717, 1.165) is 15.5 Å². The number of nitrogens with zero attached hydrogens (tertiary/aromatic N) is 3. The number of halogens is 2. The van der Waals surface area contributed by atoms with Gasteiger partial charge in [0.15, 0.2) is 0 Å². The van der Waals surface area contributed by atoms with Gasteiger partial charge in [0, 0.05) is 23.3 Å². The molecule has 1 aromatic heterocycles. The van der Waals surface area contributed by atoms with Crippen LogP contribution in [0.15, 0.2) is 50.3 Å². The van der Waals surface area contributed by atoms with Crippen LogP contribution in [0.5, 0.6) is 5.75 Å². The quantitative estimate of drug-likeness (QED) is 0.632. The van der Waals surface area contributed by atoms with E-state index in [1.165, 1.54) is 0 Å². The molecule has 3 aromatic rings. The Kier molecular flexibility index (Phi) is 3.82. The van der Waals surface area contributed by atoms with E-state index in [1.54, 1.807) is 18.3 Å². The number of rotatable bonds is 2. The first kappa shape index (κ1) is 14.3. The van der Waals surface area contributed by atoms with Crippen LogP contribution >= 0.6 is 31.9 Å². The highest BCUT2D eigenvalue weighted by atomic mass is 79.9. The molecule has 0 radical (unpaired) electrons. The molecular weight excluding hydrogens is 398 g/mol. The van der Waals surface area contributed by atoms with Crippen molar-refractivity contribution in [2.75, 3.05) is 0 Å². The average molecular weight is 409 g/mol. The number of fused-ring (bicyclic) bond motifs is 1. The Hall–Kier alpha value is -1.66. The molecule has 0 saturated heterocycles. The second-order valence-corrected chi connectivity index (χ2v) is 6.31. The van der Waals surface area contributed by atoms with Crippen LogP contribution in [0.25, 0.3) is 11.0 Å². The van der Waals surface area contributed by atoms with Gasteiger partial charge in [-0.25, -0.2) is 9.98 Å². The fraction of sp³-hybridized carbons (Fsp3) is 0.0667. The van der Waals surface area contributed by atoms with Gasteiger partial charge in [0.05, 0.1) is 15.5 Å². The molecule has 1 N–H and O–H groups in total. The fourth-order valence-electron chi connectivity index (χ4n) is 2.06. The van der Waals surface area contributed by atoms with E-state index in [9.17, 15) is 5.11 Å². The highest BCUT2D eigenvalue weighted by Gasteiger charge is 2.08. The number of phenols is 1. The molecule has 0 atom stereocenters. The van der Waals surface area contributed by atoms with Crippen LogP contribution in [0, 0.1) is 0 Å². The summed E-state index contributed by atoms with van der Waals surface area (Å²) in [5.74, 6) is 0.743. The number of aliphatic imine (C=N–C) groups is 1. The lowest BCUT2D eigenvalue weighted by Gasteiger charge is -2.02. The van der Waals surface area contributed by atoms with Crippen LogP contribution in [0.2, 0.25) is 0 Å². The molecule has 4 nitrogen and oxygen atoms in total. The largest absolute Gasteiger partial charge is 0.506 e. The van der Waals surface area contributed by atoms with Crippen molar-refractivity contribution in [3.8, 4) is 5.75 Å². The molecule has 3 rings (SSSR count). The third kappa shape index (κ3) is 2.73. The van der Waals surface area contributed by atoms with E-state index in [4.69, 9.17) is 0 Å². The molecule has 6 heteroatoms. The number of hydrogen-bond donors (Lipinski definition) is 1. The van der Waals surface area contributed by atoms with Gasteiger partial charge in [0.25, 0.3) is 0 Å². The third-order valence-corrected chi connectivity index (χ3v) is 4.20. The van der Waals surface area contributed by atoms with Crippen molar-refractivity contribution >= 4 is 55.1 Å². The summed E-state index contributed by atoms with van der Waals surface area (Å²) in [6.45, 7) is 0. The van der Waals surface area contributed by atoms with Crippen molar-refractivity contribution < 1.29 is 5.11 Å². The van der Waals surface area contributed by atoms with Gasteiger partial charge < -0.3 is 9.67 Å². The van der Waals surface area contributed by atoms with Crippen molar-refractivity contribution in [3.63, 3.8) is 0 Å². The predicted octanol–water partition coefficient (Wildman–Crippen LogP) is 4.55. The van der Waals surface area contributed by atoms with Gasteiger partial charge >= 0.3 is 0 Å². The zero-order chi connectivity index (χ0) is 15.0. The lowest BCUT2D eigenvalue weighted by Crippen LogP contribution is -1.88. The zero-order valence-electron chi connectivity index (χ0n) is 11.1. The molecule has 106 valence electrons. The SMILES string of the molecule is Cn1c(N=Cc2cc(Br)cc(Br)c2O)nc2ccccc21. The minimum Gasteiger partial charge on any atom is -0.506 e. The molecule has 21 heavy (non-hydrogen) atoms. The van der Waals surface area contributed by atoms with Crippen molar-refractivity contribution in [1.29, 1.82) is 0 Å². The first-order valence-electron chi connectivity index (χ1n) is 6.20. The monoisotopic (exact) mass is 407 g/mol. The molecule has 0 aliphatic carbocycles. The predicted molar refractivity (Wildman–Crippen MR) is 91.5 cm³/mol. The van der Waals surface area contributed by atoms with E-state index < -0.39 is 0 Å². The van der Waals surface area contributed by atoms with Gasteiger partial charge in [-0.1, -0.05) is 28.1 Å². The molecule has 0 aliphatic heterocycles. The Morgan fingerprint density at radius 2 is 2.00 bits per heavy atom. The van der Waals surface area contributed by atoms with Crippen molar-refractivity contribution in [2.45, 2.75) is 0 Å². The van der Waals surface area contributed by atoms with Gasteiger partial charge in [0.1, 0.15) is 5.75 Å². The molecule has 0 bridgehead atoms. The van der Waals surface area contributed by atoms with E-state index in [-0.39, 0.29) is 5.75 Å². The van der Waals surface area contributed by atoms with Crippen LogP contribution in [-0.4, -0.2) is 20.9 Å². The Balaban J connectivity index is 2.04. The summed E-state index contributed by atoms with van der Waals surface area (Å²) in [5.41, 5.74) is 2.53. The Bertz CT molecular complexity index is 855.